The number of nitrogens with zero attached hydrogens (tertiary/aromatic N) is 1. The van der Waals surface area contributed by atoms with Crippen molar-refractivity contribution < 1.29 is 28.6 Å². The molecule has 0 spiro atoms. The third-order valence-electron chi connectivity index (χ3n) is 4.34. The van der Waals surface area contributed by atoms with Gasteiger partial charge in [-0.15, -0.1) is 6.58 Å². The van der Waals surface area contributed by atoms with Gasteiger partial charge in [-0.05, 0) is 60.2 Å². The molecule has 31 heavy (non-hydrogen) atoms. The van der Waals surface area contributed by atoms with E-state index in [1.54, 1.807) is 12.1 Å². The third-order valence-corrected chi connectivity index (χ3v) is 5.25. The topological polar surface area (TPSA) is 95.9 Å². The van der Waals surface area contributed by atoms with Crippen LogP contribution in [0.2, 0.25) is 0 Å². The fourth-order valence-electron chi connectivity index (χ4n) is 2.94. The molecule has 2 aromatic carbocycles. The number of carbonyl (C=O) groups is 3. The molecule has 0 atom stereocenters. The number of methoxy groups -OCH3 is 1. The zero-order valence-electron chi connectivity index (χ0n) is 16.6. The maximum absolute atomic E-state index is 13.2. The average Bonchev–Trinajstić information content (AvgIpc) is 2.97. The van der Waals surface area contributed by atoms with Gasteiger partial charge in [0.1, 0.15) is 12.4 Å². The summed E-state index contributed by atoms with van der Waals surface area (Å²) in [5, 5.41) is 12.0. The molecule has 0 bridgehead atoms. The molecular formula is C22H19FN2O5S. The highest BCUT2D eigenvalue weighted by Crippen LogP contribution is 2.36. The number of amides is 3. The van der Waals surface area contributed by atoms with Crippen LogP contribution in [-0.2, 0) is 16.0 Å². The molecule has 0 unspecified atom stereocenters. The van der Waals surface area contributed by atoms with Crippen LogP contribution in [0, 0.1) is 5.82 Å². The first-order valence-corrected chi connectivity index (χ1v) is 9.95. The zero-order chi connectivity index (χ0) is 22.5. The van der Waals surface area contributed by atoms with Gasteiger partial charge in [-0.2, -0.15) is 0 Å². The van der Waals surface area contributed by atoms with Crippen molar-refractivity contribution in [1.29, 1.82) is 0 Å². The summed E-state index contributed by atoms with van der Waals surface area (Å²) in [5.74, 6) is -1.58. The number of aromatic hydroxyl groups is 1. The van der Waals surface area contributed by atoms with Crippen molar-refractivity contribution in [3.05, 3.63) is 70.9 Å². The lowest BCUT2D eigenvalue weighted by Crippen LogP contribution is -2.36. The SMILES string of the molecule is C=CCc1cc(/C=C2/SC(=O)N(CC(=O)Nc3cccc(F)c3)C2=O)cc(OC)c1O. The van der Waals surface area contributed by atoms with Crippen LogP contribution in [0.3, 0.4) is 0 Å². The number of halogens is 1. The van der Waals surface area contributed by atoms with Crippen LogP contribution in [-0.4, -0.2) is 40.7 Å². The summed E-state index contributed by atoms with van der Waals surface area (Å²) in [6.45, 7) is 3.14. The average molecular weight is 442 g/mol. The number of ether oxygens (including phenoxy) is 1. The number of thioether (sulfide) groups is 1. The Balaban J connectivity index is 1.78. The van der Waals surface area contributed by atoms with E-state index in [0.717, 1.165) is 11.0 Å². The van der Waals surface area contributed by atoms with E-state index in [1.165, 1.54) is 37.5 Å². The molecule has 3 amide bonds. The van der Waals surface area contributed by atoms with Crippen molar-refractivity contribution in [2.75, 3.05) is 19.0 Å². The number of carbonyl (C=O) groups excluding carboxylic acids is 3. The van der Waals surface area contributed by atoms with Gasteiger partial charge in [-0.1, -0.05) is 12.1 Å². The Kier molecular flexibility index (Phi) is 6.76. The first-order valence-electron chi connectivity index (χ1n) is 9.14. The van der Waals surface area contributed by atoms with Crippen molar-refractivity contribution in [2.24, 2.45) is 0 Å². The van der Waals surface area contributed by atoms with Crippen molar-refractivity contribution in [1.82, 2.24) is 4.90 Å². The van der Waals surface area contributed by atoms with E-state index < -0.39 is 29.4 Å². The monoisotopic (exact) mass is 442 g/mol. The van der Waals surface area contributed by atoms with E-state index in [0.29, 0.717) is 29.3 Å². The first kappa shape index (κ1) is 22.1. The maximum atomic E-state index is 13.2. The van der Waals surface area contributed by atoms with E-state index in [4.69, 9.17) is 4.74 Å². The Labute approximate surface area is 182 Å². The van der Waals surface area contributed by atoms with Gasteiger partial charge in [0, 0.05) is 11.3 Å². The molecule has 0 radical (unpaired) electrons. The fraction of sp³-hybridized carbons (Fsp3) is 0.136. The van der Waals surface area contributed by atoms with Crippen LogP contribution >= 0.6 is 11.8 Å². The molecule has 1 saturated heterocycles. The standard InChI is InChI=1S/C22H19FN2O5S/c1-3-5-14-8-13(9-17(30-2)20(14)27)10-18-21(28)25(22(29)31-18)12-19(26)24-16-7-4-6-15(23)11-16/h3-4,6-11,27H,1,5,12H2,2H3,(H,24,26)/b18-10+. The van der Waals surface area contributed by atoms with E-state index in [1.807, 2.05) is 0 Å². The lowest BCUT2D eigenvalue weighted by Gasteiger charge is -2.12. The van der Waals surface area contributed by atoms with Gasteiger partial charge in [0.05, 0.1) is 12.0 Å². The van der Waals surface area contributed by atoms with Gasteiger partial charge in [0.25, 0.3) is 11.1 Å². The Morgan fingerprint density at radius 1 is 1.32 bits per heavy atom. The number of nitrogens with one attached hydrogen (secondary N) is 1. The highest BCUT2D eigenvalue weighted by molar-refractivity contribution is 8.18. The number of allylic oxidation sites excluding steroid dienone is 1. The van der Waals surface area contributed by atoms with Crippen molar-refractivity contribution in [3.8, 4) is 11.5 Å². The highest BCUT2D eigenvalue weighted by atomic mass is 32.2. The molecule has 1 aliphatic rings. The van der Waals surface area contributed by atoms with Crippen molar-refractivity contribution in [3.63, 3.8) is 0 Å². The molecule has 1 aliphatic heterocycles. The van der Waals surface area contributed by atoms with Gasteiger partial charge in [-0.25, -0.2) is 4.39 Å². The number of anilines is 1. The summed E-state index contributed by atoms with van der Waals surface area (Å²) < 4.78 is 18.4. The van der Waals surface area contributed by atoms with Crippen LogP contribution in [0.5, 0.6) is 11.5 Å². The summed E-state index contributed by atoms with van der Waals surface area (Å²) >= 11 is 0.699. The minimum atomic E-state index is -0.631. The van der Waals surface area contributed by atoms with Crippen molar-refractivity contribution >= 4 is 40.6 Å². The van der Waals surface area contributed by atoms with Gasteiger partial charge in [0.2, 0.25) is 5.91 Å². The van der Waals surface area contributed by atoms with E-state index >= 15 is 0 Å². The molecule has 2 aromatic rings. The molecule has 0 saturated carbocycles. The molecule has 2 N–H and O–H groups in total. The molecule has 3 rings (SSSR count). The second-order valence-electron chi connectivity index (χ2n) is 6.55. The van der Waals surface area contributed by atoms with E-state index in [-0.39, 0.29) is 22.1 Å². The molecule has 9 heteroatoms. The smallest absolute Gasteiger partial charge is 0.294 e. The quantitative estimate of drug-likeness (QED) is 0.498. The van der Waals surface area contributed by atoms with Gasteiger partial charge in [-0.3, -0.25) is 19.3 Å². The second-order valence-corrected chi connectivity index (χ2v) is 7.54. The predicted octanol–water partition coefficient (Wildman–Crippen LogP) is 3.94. The minimum absolute atomic E-state index is 0.0262. The number of phenols is 1. The number of hydrogen-bond donors (Lipinski definition) is 2. The number of phenolic OH excluding ortho intramolecular Hbond substituents is 1. The number of benzene rings is 2. The summed E-state index contributed by atoms with van der Waals surface area (Å²) in [4.78, 5) is 38.1. The van der Waals surface area contributed by atoms with Gasteiger partial charge < -0.3 is 15.2 Å². The minimum Gasteiger partial charge on any atom is -0.504 e. The molecule has 1 heterocycles. The lowest BCUT2D eigenvalue weighted by atomic mass is 10.1. The van der Waals surface area contributed by atoms with Crippen LogP contribution < -0.4 is 10.1 Å². The Morgan fingerprint density at radius 3 is 2.77 bits per heavy atom. The number of imide groups is 1. The highest BCUT2D eigenvalue weighted by Gasteiger charge is 2.36. The second kappa shape index (κ2) is 9.48. The fourth-order valence-corrected chi connectivity index (χ4v) is 3.78. The van der Waals surface area contributed by atoms with Crippen LogP contribution in [0.15, 0.2) is 54.0 Å². The Morgan fingerprint density at radius 2 is 2.10 bits per heavy atom. The van der Waals surface area contributed by atoms with Crippen LogP contribution in [0.1, 0.15) is 11.1 Å². The molecule has 1 fully saturated rings. The first-order chi connectivity index (χ1) is 14.8. The van der Waals surface area contributed by atoms with E-state index in [9.17, 15) is 23.9 Å². The largest absolute Gasteiger partial charge is 0.504 e. The Hall–Kier alpha value is -3.59. The normalized spacial score (nSPS) is 14.8. The van der Waals surface area contributed by atoms with Crippen LogP contribution in [0.25, 0.3) is 6.08 Å². The molecular weight excluding hydrogens is 423 g/mol. The third kappa shape index (κ3) is 5.13. The van der Waals surface area contributed by atoms with Gasteiger partial charge >= 0.3 is 0 Å². The summed E-state index contributed by atoms with van der Waals surface area (Å²) in [7, 11) is 1.40. The number of hydrogen-bond acceptors (Lipinski definition) is 6. The Bertz CT molecular complexity index is 1100. The van der Waals surface area contributed by atoms with Gasteiger partial charge in [0.15, 0.2) is 11.5 Å². The molecule has 0 aromatic heterocycles. The van der Waals surface area contributed by atoms with E-state index in [2.05, 4.69) is 11.9 Å². The molecule has 0 aliphatic carbocycles. The number of rotatable bonds is 7. The lowest BCUT2D eigenvalue weighted by molar-refractivity contribution is -0.127. The van der Waals surface area contributed by atoms with Crippen LogP contribution in [0.4, 0.5) is 14.9 Å². The maximum Gasteiger partial charge on any atom is 0.294 e. The summed E-state index contributed by atoms with van der Waals surface area (Å²) in [6.07, 6.45) is 3.49. The molecule has 7 nitrogen and oxygen atoms in total. The van der Waals surface area contributed by atoms with Crippen molar-refractivity contribution in [2.45, 2.75) is 6.42 Å². The predicted molar refractivity (Wildman–Crippen MR) is 116 cm³/mol. The summed E-state index contributed by atoms with van der Waals surface area (Å²) in [5.41, 5.74) is 1.31. The zero-order valence-corrected chi connectivity index (χ0v) is 17.4. The summed E-state index contributed by atoms with van der Waals surface area (Å²) in [6, 6.07) is 8.48. The molecule has 160 valence electrons.